The monoisotopic (exact) mass is 382 g/mol. The second-order valence-corrected chi connectivity index (χ2v) is 6.66. The number of fused-ring (bicyclic) bond motifs is 4. The van der Waals surface area contributed by atoms with Crippen LogP contribution in [-0.2, 0) is 7.05 Å². The zero-order valence-corrected chi connectivity index (χ0v) is 16.0. The van der Waals surface area contributed by atoms with Gasteiger partial charge in [-0.2, -0.15) is 10.1 Å². The standard InChI is InChI=1S/C22H18N6O/c1-28-18-10-6-5-9-16(18)20-21(28)24-22(27-25-20)26-23-13-17-15-8-4-3-7-14(15)11-12-19(17)29-2/h3-13H,1-2H3,(H,24,26,27)/b23-13+. The number of nitrogens with one attached hydrogen (secondary N) is 1. The summed E-state index contributed by atoms with van der Waals surface area (Å²) in [5.41, 5.74) is 6.36. The van der Waals surface area contributed by atoms with Gasteiger partial charge in [0, 0.05) is 18.0 Å². The van der Waals surface area contributed by atoms with E-state index in [9.17, 15) is 0 Å². The molecule has 0 bridgehead atoms. The molecule has 0 aliphatic rings. The van der Waals surface area contributed by atoms with Gasteiger partial charge >= 0.3 is 0 Å². The van der Waals surface area contributed by atoms with E-state index in [1.54, 1.807) is 13.3 Å². The molecular formula is C22H18N6O. The van der Waals surface area contributed by atoms with Crippen molar-refractivity contribution >= 4 is 45.0 Å². The first kappa shape index (κ1) is 17.1. The quantitative estimate of drug-likeness (QED) is 0.374. The number of nitrogens with zero attached hydrogens (tertiary/aromatic N) is 5. The largest absolute Gasteiger partial charge is 0.496 e. The van der Waals surface area contributed by atoms with E-state index >= 15 is 0 Å². The molecule has 2 heterocycles. The highest BCUT2D eigenvalue weighted by atomic mass is 16.5. The summed E-state index contributed by atoms with van der Waals surface area (Å²) < 4.78 is 7.50. The van der Waals surface area contributed by atoms with Crippen LogP contribution in [0.25, 0.3) is 32.8 Å². The topological polar surface area (TPSA) is 77.2 Å². The van der Waals surface area contributed by atoms with E-state index < -0.39 is 0 Å². The third-order valence-corrected chi connectivity index (χ3v) is 5.02. The van der Waals surface area contributed by atoms with Crippen molar-refractivity contribution in [1.82, 2.24) is 19.7 Å². The number of anilines is 1. The number of hydrazone groups is 1. The second-order valence-electron chi connectivity index (χ2n) is 6.66. The molecule has 2 aromatic heterocycles. The smallest absolute Gasteiger partial charge is 0.265 e. The summed E-state index contributed by atoms with van der Waals surface area (Å²) in [5.74, 6) is 1.08. The van der Waals surface area contributed by atoms with Gasteiger partial charge in [0.15, 0.2) is 5.65 Å². The van der Waals surface area contributed by atoms with Crippen LogP contribution in [0.1, 0.15) is 5.56 Å². The Morgan fingerprint density at radius 3 is 2.62 bits per heavy atom. The minimum Gasteiger partial charge on any atom is -0.496 e. The highest BCUT2D eigenvalue weighted by Gasteiger charge is 2.12. The predicted molar refractivity (Wildman–Crippen MR) is 116 cm³/mol. The molecule has 0 saturated heterocycles. The molecule has 0 radical (unpaired) electrons. The summed E-state index contributed by atoms with van der Waals surface area (Å²) >= 11 is 0. The van der Waals surface area contributed by atoms with Crippen molar-refractivity contribution in [2.24, 2.45) is 12.1 Å². The Morgan fingerprint density at radius 1 is 0.966 bits per heavy atom. The van der Waals surface area contributed by atoms with Gasteiger partial charge in [-0.1, -0.05) is 48.5 Å². The van der Waals surface area contributed by atoms with Gasteiger partial charge in [-0.3, -0.25) is 0 Å². The molecular weight excluding hydrogens is 364 g/mol. The SMILES string of the molecule is COc1ccc2ccccc2c1/C=N/Nc1nnc2c3ccccc3n(C)c2n1. The average molecular weight is 382 g/mol. The van der Waals surface area contributed by atoms with Gasteiger partial charge in [0.05, 0.1) is 18.8 Å². The fourth-order valence-electron chi connectivity index (χ4n) is 3.60. The first-order valence-corrected chi connectivity index (χ1v) is 9.19. The summed E-state index contributed by atoms with van der Waals surface area (Å²) in [4.78, 5) is 4.58. The Balaban J connectivity index is 1.51. The van der Waals surface area contributed by atoms with Crippen LogP contribution in [0, 0.1) is 0 Å². The molecule has 142 valence electrons. The van der Waals surface area contributed by atoms with Crippen LogP contribution in [0.3, 0.4) is 0 Å². The molecule has 5 aromatic rings. The molecule has 7 nitrogen and oxygen atoms in total. The van der Waals surface area contributed by atoms with Gasteiger partial charge in [-0.25, -0.2) is 5.43 Å². The van der Waals surface area contributed by atoms with Crippen molar-refractivity contribution in [2.45, 2.75) is 0 Å². The minimum atomic E-state index is 0.332. The zero-order chi connectivity index (χ0) is 19.8. The molecule has 0 atom stereocenters. The lowest BCUT2D eigenvalue weighted by atomic mass is 10.0. The lowest BCUT2D eigenvalue weighted by Crippen LogP contribution is -2.01. The first-order valence-electron chi connectivity index (χ1n) is 9.19. The van der Waals surface area contributed by atoms with Crippen LogP contribution < -0.4 is 10.2 Å². The molecule has 7 heteroatoms. The van der Waals surface area contributed by atoms with Crippen molar-refractivity contribution in [3.8, 4) is 5.75 Å². The van der Waals surface area contributed by atoms with Gasteiger partial charge in [0.2, 0.25) is 0 Å². The number of methoxy groups -OCH3 is 1. The van der Waals surface area contributed by atoms with E-state index in [0.717, 1.165) is 44.2 Å². The van der Waals surface area contributed by atoms with Crippen LogP contribution in [0.5, 0.6) is 5.75 Å². The lowest BCUT2D eigenvalue weighted by Gasteiger charge is -2.08. The number of ether oxygens (including phenoxy) is 1. The maximum Gasteiger partial charge on any atom is 0.265 e. The van der Waals surface area contributed by atoms with E-state index in [1.165, 1.54) is 0 Å². The summed E-state index contributed by atoms with van der Waals surface area (Å²) in [6.45, 7) is 0. The fraction of sp³-hybridized carbons (Fsp3) is 0.0909. The van der Waals surface area contributed by atoms with Crippen molar-refractivity contribution in [1.29, 1.82) is 0 Å². The van der Waals surface area contributed by atoms with Gasteiger partial charge < -0.3 is 9.30 Å². The number of hydrogen-bond acceptors (Lipinski definition) is 6. The molecule has 0 spiro atoms. The maximum absolute atomic E-state index is 5.50. The third-order valence-electron chi connectivity index (χ3n) is 5.02. The Morgan fingerprint density at radius 2 is 1.76 bits per heavy atom. The van der Waals surface area contributed by atoms with E-state index in [0.29, 0.717) is 5.95 Å². The summed E-state index contributed by atoms with van der Waals surface area (Å²) in [5, 5.41) is 16.1. The highest BCUT2D eigenvalue weighted by Crippen LogP contribution is 2.27. The number of aromatic nitrogens is 4. The predicted octanol–water partition coefficient (Wildman–Crippen LogP) is 4.12. The van der Waals surface area contributed by atoms with Crippen LogP contribution in [0.15, 0.2) is 65.8 Å². The molecule has 29 heavy (non-hydrogen) atoms. The molecule has 0 aliphatic carbocycles. The summed E-state index contributed by atoms with van der Waals surface area (Å²) in [7, 11) is 3.61. The minimum absolute atomic E-state index is 0.332. The average Bonchev–Trinajstić information content (AvgIpc) is 3.06. The van der Waals surface area contributed by atoms with Crippen molar-refractivity contribution in [3.63, 3.8) is 0 Å². The van der Waals surface area contributed by atoms with Crippen LogP contribution in [-0.4, -0.2) is 33.1 Å². The maximum atomic E-state index is 5.50. The Kier molecular flexibility index (Phi) is 4.05. The molecule has 0 fully saturated rings. The third kappa shape index (κ3) is 2.84. The fourth-order valence-corrected chi connectivity index (χ4v) is 3.60. The van der Waals surface area contributed by atoms with Crippen molar-refractivity contribution in [2.75, 3.05) is 12.5 Å². The Labute approximate surface area is 166 Å². The molecule has 0 unspecified atom stereocenters. The first-order chi connectivity index (χ1) is 14.3. The molecule has 5 rings (SSSR count). The van der Waals surface area contributed by atoms with E-state index in [1.807, 2.05) is 66.2 Å². The van der Waals surface area contributed by atoms with E-state index in [2.05, 4.69) is 31.8 Å². The Bertz CT molecular complexity index is 1390. The van der Waals surface area contributed by atoms with Gasteiger partial charge in [-0.15, -0.1) is 10.2 Å². The van der Waals surface area contributed by atoms with Crippen LogP contribution in [0.2, 0.25) is 0 Å². The molecule has 0 amide bonds. The molecule has 1 N–H and O–H groups in total. The van der Waals surface area contributed by atoms with Gasteiger partial charge in [0.1, 0.15) is 11.3 Å². The van der Waals surface area contributed by atoms with Crippen LogP contribution in [0.4, 0.5) is 5.95 Å². The molecule has 0 saturated carbocycles. The summed E-state index contributed by atoms with van der Waals surface area (Å²) in [6.07, 6.45) is 1.72. The number of aryl methyl sites for hydroxylation is 1. The summed E-state index contributed by atoms with van der Waals surface area (Å²) in [6, 6.07) is 20.1. The number of para-hydroxylation sites is 1. The Hall–Kier alpha value is -4.00. The van der Waals surface area contributed by atoms with E-state index in [-0.39, 0.29) is 0 Å². The normalized spacial score (nSPS) is 11.7. The lowest BCUT2D eigenvalue weighted by molar-refractivity contribution is 0.415. The highest BCUT2D eigenvalue weighted by molar-refractivity contribution is 6.04. The van der Waals surface area contributed by atoms with E-state index in [4.69, 9.17) is 4.74 Å². The molecule has 3 aromatic carbocycles. The zero-order valence-electron chi connectivity index (χ0n) is 16.0. The second kappa shape index (κ2) is 6.87. The molecule has 0 aliphatic heterocycles. The van der Waals surface area contributed by atoms with Crippen molar-refractivity contribution < 1.29 is 4.74 Å². The van der Waals surface area contributed by atoms with Gasteiger partial charge in [-0.05, 0) is 22.9 Å². The number of rotatable bonds is 4. The van der Waals surface area contributed by atoms with Crippen molar-refractivity contribution in [3.05, 3.63) is 66.2 Å². The number of benzene rings is 3. The number of hydrogen-bond donors (Lipinski definition) is 1. The van der Waals surface area contributed by atoms with Gasteiger partial charge in [0.25, 0.3) is 5.95 Å². The van der Waals surface area contributed by atoms with Crippen LogP contribution >= 0.6 is 0 Å².